The Labute approximate surface area is 156 Å². The van der Waals surface area contributed by atoms with Gasteiger partial charge >= 0.3 is 0 Å². The number of hydrogen-bond acceptors (Lipinski definition) is 3. The summed E-state index contributed by atoms with van der Waals surface area (Å²) in [7, 11) is -3.82. The summed E-state index contributed by atoms with van der Waals surface area (Å²) in [5, 5.41) is 0.471. The fourth-order valence-corrected chi connectivity index (χ4v) is 4.47. The highest BCUT2D eigenvalue weighted by molar-refractivity contribution is 7.92. The highest BCUT2D eigenvalue weighted by Crippen LogP contribution is 2.24. The van der Waals surface area contributed by atoms with Gasteiger partial charge in [-0.25, -0.2) is 8.42 Å². The number of nitrogens with zero attached hydrogens (tertiary/aromatic N) is 1. The predicted octanol–water partition coefficient (Wildman–Crippen LogP) is 4.03. The van der Waals surface area contributed by atoms with Crippen LogP contribution in [-0.2, 0) is 10.0 Å². The Balaban J connectivity index is 1.77. The first-order valence-electron chi connectivity index (χ1n) is 7.73. The standard InChI is InChI=1S/C17H16Cl2N2O3S/c18-13-9-14(19)11-16(10-13)25(23,24)20-15-5-3-12(4-6-15)17(22)21-7-1-2-8-21/h3-6,9-11,20H,1-2,7-8H2. The molecule has 1 aliphatic rings. The monoisotopic (exact) mass is 398 g/mol. The number of anilines is 1. The van der Waals surface area contributed by atoms with Gasteiger partial charge in [-0.3, -0.25) is 9.52 Å². The number of rotatable bonds is 4. The van der Waals surface area contributed by atoms with Crippen molar-refractivity contribution in [1.82, 2.24) is 4.90 Å². The van der Waals surface area contributed by atoms with E-state index in [0.29, 0.717) is 11.3 Å². The third kappa shape index (κ3) is 4.26. The first-order chi connectivity index (χ1) is 11.8. The summed E-state index contributed by atoms with van der Waals surface area (Å²) in [6.07, 6.45) is 2.04. The lowest BCUT2D eigenvalue weighted by Crippen LogP contribution is -2.27. The van der Waals surface area contributed by atoms with Crippen molar-refractivity contribution in [2.75, 3.05) is 17.8 Å². The maximum atomic E-state index is 12.4. The van der Waals surface area contributed by atoms with Crippen molar-refractivity contribution in [1.29, 1.82) is 0 Å². The van der Waals surface area contributed by atoms with Crippen molar-refractivity contribution < 1.29 is 13.2 Å². The van der Waals surface area contributed by atoms with Gasteiger partial charge in [-0.15, -0.1) is 0 Å². The van der Waals surface area contributed by atoms with Crippen LogP contribution in [0.2, 0.25) is 10.0 Å². The van der Waals surface area contributed by atoms with Gasteiger partial charge in [0.15, 0.2) is 0 Å². The third-order valence-electron chi connectivity index (χ3n) is 3.92. The van der Waals surface area contributed by atoms with E-state index in [0.717, 1.165) is 25.9 Å². The van der Waals surface area contributed by atoms with E-state index in [2.05, 4.69) is 4.72 Å². The van der Waals surface area contributed by atoms with Crippen LogP contribution in [0.25, 0.3) is 0 Å². The number of carbonyl (C=O) groups is 1. The minimum Gasteiger partial charge on any atom is -0.339 e. The summed E-state index contributed by atoms with van der Waals surface area (Å²) in [5.74, 6) is -0.0338. The molecule has 3 rings (SSSR count). The number of hydrogen-bond donors (Lipinski definition) is 1. The van der Waals surface area contributed by atoms with E-state index in [1.807, 2.05) is 0 Å². The Morgan fingerprint density at radius 3 is 2.08 bits per heavy atom. The average Bonchev–Trinajstić information content (AvgIpc) is 3.08. The lowest BCUT2D eigenvalue weighted by atomic mass is 10.2. The van der Waals surface area contributed by atoms with Crippen LogP contribution in [0.5, 0.6) is 0 Å². The molecular weight excluding hydrogens is 383 g/mol. The molecule has 1 fully saturated rings. The molecule has 1 N–H and O–H groups in total. The second-order valence-corrected chi connectivity index (χ2v) is 8.34. The number of amides is 1. The van der Waals surface area contributed by atoms with E-state index in [1.165, 1.54) is 18.2 Å². The molecule has 1 heterocycles. The molecule has 1 saturated heterocycles. The summed E-state index contributed by atoms with van der Waals surface area (Å²) < 4.78 is 27.3. The zero-order chi connectivity index (χ0) is 18.0. The number of benzene rings is 2. The molecule has 2 aromatic carbocycles. The summed E-state index contributed by atoms with van der Waals surface area (Å²) in [6.45, 7) is 1.53. The maximum absolute atomic E-state index is 12.4. The van der Waals surface area contributed by atoms with Crippen molar-refractivity contribution in [3.63, 3.8) is 0 Å². The van der Waals surface area contributed by atoms with Gasteiger partial charge in [-0.2, -0.15) is 0 Å². The number of halogens is 2. The van der Waals surface area contributed by atoms with Crippen LogP contribution in [0, 0.1) is 0 Å². The van der Waals surface area contributed by atoms with E-state index in [9.17, 15) is 13.2 Å². The van der Waals surface area contributed by atoms with Crippen LogP contribution in [-0.4, -0.2) is 32.3 Å². The fourth-order valence-electron chi connectivity index (χ4n) is 2.68. The number of likely N-dealkylation sites (tertiary alicyclic amines) is 1. The smallest absolute Gasteiger partial charge is 0.261 e. The van der Waals surface area contributed by atoms with Crippen LogP contribution in [0.15, 0.2) is 47.4 Å². The lowest BCUT2D eigenvalue weighted by molar-refractivity contribution is 0.0793. The molecule has 0 spiro atoms. The Hall–Kier alpha value is -1.76. The number of sulfonamides is 1. The second-order valence-electron chi connectivity index (χ2n) is 5.79. The van der Waals surface area contributed by atoms with E-state index in [4.69, 9.17) is 23.2 Å². The van der Waals surface area contributed by atoms with E-state index in [-0.39, 0.29) is 20.8 Å². The molecule has 0 saturated carbocycles. The first-order valence-corrected chi connectivity index (χ1v) is 9.97. The molecule has 25 heavy (non-hydrogen) atoms. The van der Waals surface area contributed by atoms with Crippen LogP contribution in [0.4, 0.5) is 5.69 Å². The largest absolute Gasteiger partial charge is 0.339 e. The lowest BCUT2D eigenvalue weighted by Gasteiger charge is -2.15. The maximum Gasteiger partial charge on any atom is 0.261 e. The molecule has 0 aromatic heterocycles. The molecule has 0 bridgehead atoms. The molecular formula is C17H16Cl2N2O3S. The van der Waals surface area contributed by atoms with Crippen LogP contribution >= 0.6 is 23.2 Å². The molecule has 0 aliphatic carbocycles. The summed E-state index contributed by atoms with van der Waals surface area (Å²) in [5.41, 5.74) is 0.893. The Morgan fingerprint density at radius 2 is 1.52 bits per heavy atom. The molecule has 1 aliphatic heterocycles. The van der Waals surface area contributed by atoms with Crippen LogP contribution in [0.3, 0.4) is 0 Å². The summed E-state index contributed by atoms with van der Waals surface area (Å²) in [4.78, 5) is 14.1. The quantitative estimate of drug-likeness (QED) is 0.844. The molecule has 132 valence electrons. The van der Waals surface area contributed by atoms with Gasteiger partial charge in [-0.05, 0) is 55.3 Å². The molecule has 0 radical (unpaired) electrons. The molecule has 1 amide bonds. The molecule has 8 heteroatoms. The van der Waals surface area contributed by atoms with Crippen molar-refractivity contribution in [2.45, 2.75) is 17.7 Å². The van der Waals surface area contributed by atoms with Crippen molar-refractivity contribution in [3.05, 3.63) is 58.1 Å². The minimum absolute atomic E-state index is 0.0257. The summed E-state index contributed by atoms with van der Waals surface area (Å²) >= 11 is 11.7. The van der Waals surface area contributed by atoms with Gasteiger partial charge in [0.05, 0.1) is 4.90 Å². The highest BCUT2D eigenvalue weighted by Gasteiger charge is 2.20. The number of carbonyl (C=O) groups excluding carboxylic acids is 1. The Bertz CT molecular complexity index is 872. The van der Waals surface area contributed by atoms with Crippen molar-refractivity contribution >= 4 is 44.8 Å². The van der Waals surface area contributed by atoms with Crippen molar-refractivity contribution in [3.8, 4) is 0 Å². The SMILES string of the molecule is O=C(c1ccc(NS(=O)(=O)c2cc(Cl)cc(Cl)c2)cc1)N1CCCC1. The number of nitrogens with one attached hydrogen (secondary N) is 1. The topological polar surface area (TPSA) is 66.5 Å². The van der Waals surface area contributed by atoms with E-state index >= 15 is 0 Å². The normalized spacial score (nSPS) is 14.6. The van der Waals surface area contributed by atoms with Gasteiger partial charge in [0.25, 0.3) is 15.9 Å². The average molecular weight is 399 g/mol. The molecule has 2 aromatic rings. The van der Waals surface area contributed by atoms with Gasteiger partial charge in [0.1, 0.15) is 0 Å². The zero-order valence-electron chi connectivity index (χ0n) is 13.2. The minimum atomic E-state index is -3.82. The zero-order valence-corrected chi connectivity index (χ0v) is 15.5. The predicted molar refractivity (Wildman–Crippen MR) is 98.9 cm³/mol. The van der Waals surface area contributed by atoms with E-state index < -0.39 is 10.0 Å². The first kappa shape index (κ1) is 18.0. The third-order valence-corrected chi connectivity index (χ3v) is 5.72. The Kier molecular flexibility index (Phi) is 5.22. The Morgan fingerprint density at radius 1 is 0.960 bits per heavy atom. The van der Waals surface area contributed by atoms with Gasteiger partial charge in [0, 0.05) is 34.4 Å². The van der Waals surface area contributed by atoms with E-state index in [1.54, 1.807) is 29.2 Å². The molecule has 5 nitrogen and oxygen atoms in total. The van der Waals surface area contributed by atoms with Gasteiger partial charge in [0.2, 0.25) is 0 Å². The highest BCUT2D eigenvalue weighted by atomic mass is 35.5. The van der Waals surface area contributed by atoms with Crippen LogP contribution < -0.4 is 4.72 Å². The molecule has 0 atom stereocenters. The fraction of sp³-hybridized carbons (Fsp3) is 0.235. The van der Waals surface area contributed by atoms with Crippen molar-refractivity contribution in [2.24, 2.45) is 0 Å². The van der Waals surface area contributed by atoms with Gasteiger partial charge < -0.3 is 4.90 Å². The summed E-state index contributed by atoms with van der Waals surface area (Å²) in [6, 6.07) is 10.5. The van der Waals surface area contributed by atoms with Gasteiger partial charge in [-0.1, -0.05) is 23.2 Å². The molecule has 0 unspecified atom stereocenters. The van der Waals surface area contributed by atoms with Crippen LogP contribution in [0.1, 0.15) is 23.2 Å². The second kappa shape index (κ2) is 7.23.